The summed E-state index contributed by atoms with van der Waals surface area (Å²) in [6.07, 6.45) is 2.27. The van der Waals surface area contributed by atoms with Crippen LogP contribution in [0.5, 0.6) is 0 Å². The quantitative estimate of drug-likeness (QED) is 0.847. The van der Waals surface area contributed by atoms with Gasteiger partial charge in [0.1, 0.15) is 0 Å². The minimum absolute atomic E-state index is 0.369. The normalized spacial score (nSPS) is 12.6. The lowest BCUT2D eigenvalue weighted by molar-refractivity contribution is 0.490. The number of halogens is 1. The first-order valence-corrected chi connectivity index (χ1v) is 7.47. The van der Waals surface area contributed by atoms with E-state index in [4.69, 9.17) is 11.6 Å². The van der Waals surface area contributed by atoms with Crippen molar-refractivity contribution in [3.63, 3.8) is 0 Å². The van der Waals surface area contributed by atoms with Crippen LogP contribution in [0.3, 0.4) is 0 Å². The topological polar surface area (TPSA) is 24.9 Å². The average Bonchev–Trinajstić information content (AvgIpc) is 2.89. The summed E-state index contributed by atoms with van der Waals surface area (Å²) in [4.78, 5) is 4.29. The van der Waals surface area contributed by atoms with E-state index in [1.165, 1.54) is 5.56 Å². The molecule has 1 heterocycles. The number of nitrogens with zero attached hydrogens (tertiary/aromatic N) is 1. The Hall–Kier alpha value is -0.900. The molecule has 1 N–H and O–H groups in total. The molecule has 1 unspecified atom stereocenters. The van der Waals surface area contributed by atoms with Gasteiger partial charge in [0.15, 0.2) is 0 Å². The van der Waals surface area contributed by atoms with Crippen molar-refractivity contribution in [2.75, 3.05) is 0 Å². The fraction of sp³-hybridized carbons (Fsp3) is 0.357. The number of benzene rings is 1. The highest BCUT2D eigenvalue weighted by molar-refractivity contribution is 7.07. The van der Waals surface area contributed by atoms with Gasteiger partial charge in [-0.05, 0) is 24.1 Å². The van der Waals surface area contributed by atoms with E-state index in [0.717, 1.165) is 30.1 Å². The number of nitrogens with one attached hydrogen (secondary N) is 1. The Bertz CT molecular complexity index is 453. The van der Waals surface area contributed by atoms with E-state index < -0.39 is 0 Å². The van der Waals surface area contributed by atoms with Crippen molar-refractivity contribution >= 4 is 22.9 Å². The van der Waals surface area contributed by atoms with Crippen molar-refractivity contribution in [1.82, 2.24) is 10.3 Å². The third-order valence-corrected chi connectivity index (χ3v) is 3.75. The standard InChI is InChI=1S/C14H17ClN2S/c1-2-3-14(11-4-6-12(15)7-5-11)16-8-13-9-18-10-17-13/h4-7,9-10,14,16H,2-3,8H2,1H3. The van der Waals surface area contributed by atoms with Crippen LogP contribution < -0.4 is 5.32 Å². The summed E-state index contributed by atoms with van der Waals surface area (Å²) in [5.74, 6) is 0. The predicted octanol–water partition coefficient (Wildman–Crippen LogP) is 4.43. The van der Waals surface area contributed by atoms with Gasteiger partial charge in [0.2, 0.25) is 0 Å². The van der Waals surface area contributed by atoms with Crippen LogP contribution >= 0.6 is 22.9 Å². The summed E-state index contributed by atoms with van der Waals surface area (Å²) in [6, 6.07) is 8.45. The minimum atomic E-state index is 0.369. The van der Waals surface area contributed by atoms with Gasteiger partial charge in [0, 0.05) is 23.0 Å². The lowest BCUT2D eigenvalue weighted by Gasteiger charge is -2.18. The number of aromatic nitrogens is 1. The zero-order valence-corrected chi connectivity index (χ0v) is 12.0. The molecule has 18 heavy (non-hydrogen) atoms. The van der Waals surface area contributed by atoms with Crippen LogP contribution in [-0.2, 0) is 6.54 Å². The Kier molecular flexibility index (Phi) is 5.17. The molecule has 1 aromatic carbocycles. The molecular formula is C14H17ClN2S. The highest BCUT2D eigenvalue weighted by atomic mass is 35.5. The minimum Gasteiger partial charge on any atom is -0.304 e. The number of hydrogen-bond acceptors (Lipinski definition) is 3. The largest absolute Gasteiger partial charge is 0.304 e. The summed E-state index contributed by atoms with van der Waals surface area (Å²) in [7, 11) is 0. The molecule has 96 valence electrons. The second kappa shape index (κ2) is 6.88. The van der Waals surface area contributed by atoms with Gasteiger partial charge in [-0.3, -0.25) is 0 Å². The van der Waals surface area contributed by atoms with Crippen molar-refractivity contribution in [1.29, 1.82) is 0 Å². The van der Waals surface area contributed by atoms with Gasteiger partial charge in [-0.25, -0.2) is 4.98 Å². The third kappa shape index (κ3) is 3.80. The molecule has 0 radical (unpaired) electrons. The monoisotopic (exact) mass is 280 g/mol. The molecule has 0 fully saturated rings. The maximum Gasteiger partial charge on any atom is 0.0795 e. The molecule has 0 bridgehead atoms. The van der Waals surface area contributed by atoms with E-state index >= 15 is 0 Å². The Labute approximate surface area is 117 Å². The van der Waals surface area contributed by atoms with Gasteiger partial charge in [-0.2, -0.15) is 0 Å². The Morgan fingerprint density at radius 2 is 2.11 bits per heavy atom. The zero-order chi connectivity index (χ0) is 12.8. The van der Waals surface area contributed by atoms with E-state index in [2.05, 4.69) is 34.7 Å². The van der Waals surface area contributed by atoms with E-state index in [1.807, 2.05) is 17.6 Å². The van der Waals surface area contributed by atoms with Gasteiger partial charge in [-0.1, -0.05) is 37.1 Å². The SMILES string of the molecule is CCCC(NCc1cscn1)c1ccc(Cl)cc1. The van der Waals surface area contributed by atoms with Crippen LogP contribution in [0.1, 0.15) is 37.1 Å². The molecule has 0 aliphatic carbocycles. The van der Waals surface area contributed by atoms with Crippen LogP contribution in [0.2, 0.25) is 5.02 Å². The lowest BCUT2D eigenvalue weighted by Crippen LogP contribution is -2.20. The maximum atomic E-state index is 5.92. The molecule has 0 amide bonds. The van der Waals surface area contributed by atoms with Gasteiger partial charge < -0.3 is 5.32 Å². The van der Waals surface area contributed by atoms with Crippen LogP contribution in [0.25, 0.3) is 0 Å². The summed E-state index contributed by atoms with van der Waals surface area (Å²) < 4.78 is 0. The molecular weight excluding hydrogens is 264 g/mol. The maximum absolute atomic E-state index is 5.92. The van der Waals surface area contributed by atoms with Gasteiger partial charge in [0.25, 0.3) is 0 Å². The lowest BCUT2D eigenvalue weighted by atomic mass is 10.0. The van der Waals surface area contributed by atoms with Crippen LogP contribution in [0.15, 0.2) is 35.2 Å². The number of rotatable bonds is 6. The fourth-order valence-corrected chi connectivity index (χ4v) is 2.61. The Morgan fingerprint density at radius 3 is 2.72 bits per heavy atom. The molecule has 2 nitrogen and oxygen atoms in total. The van der Waals surface area contributed by atoms with Crippen molar-refractivity contribution in [2.24, 2.45) is 0 Å². The Balaban J connectivity index is 2.01. The highest BCUT2D eigenvalue weighted by Crippen LogP contribution is 2.21. The molecule has 0 saturated heterocycles. The highest BCUT2D eigenvalue weighted by Gasteiger charge is 2.10. The first-order chi connectivity index (χ1) is 8.79. The smallest absolute Gasteiger partial charge is 0.0795 e. The summed E-state index contributed by atoms with van der Waals surface area (Å²) in [6.45, 7) is 3.02. The number of hydrogen-bond donors (Lipinski definition) is 1. The first kappa shape index (κ1) is 13.5. The second-order valence-corrected chi connectivity index (χ2v) is 5.41. The van der Waals surface area contributed by atoms with Crippen molar-refractivity contribution in [3.05, 3.63) is 51.4 Å². The molecule has 0 spiro atoms. The summed E-state index contributed by atoms with van der Waals surface area (Å²) >= 11 is 7.56. The summed E-state index contributed by atoms with van der Waals surface area (Å²) in [5.41, 5.74) is 4.26. The Morgan fingerprint density at radius 1 is 1.33 bits per heavy atom. The van der Waals surface area contributed by atoms with Crippen LogP contribution in [0, 0.1) is 0 Å². The average molecular weight is 281 g/mol. The van der Waals surface area contributed by atoms with Crippen molar-refractivity contribution in [3.8, 4) is 0 Å². The van der Waals surface area contributed by atoms with Crippen LogP contribution in [0.4, 0.5) is 0 Å². The fourth-order valence-electron chi connectivity index (χ4n) is 1.92. The number of thiazole rings is 1. The van der Waals surface area contributed by atoms with E-state index in [0.29, 0.717) is 6.04 Å². The van der Waals surface area contributed by atoms with Gasteiger partial charge in [0.05, 0.1) is 11.2 Å². The van der Waals surface area contributed by atoms with E-state index in [9.17, 15) is 0 Å². The zero-order valence-electron chi connectivity index (χ0n) is 10.4. The molecule has 1 atom stereocenters. The molecule has 0 saturated carbocycles. The third-order valence-electron chi connectivity index (χ3n) is 2.86. The molecule has 0 aliphatic heterocycles. The molecule has 1 aromatic heterocycles. The molecule has 2 rings (SSSR count). The predicted molar refractivity (Wildman–Crippen MR) is 78.1 cm³/mol. The van der Waals surface area contributed by atoms with E-state index in [1.54, 1.807) is 11.3 Å². The van der Waals surface area contributed by atoms with Crippen LogP contribution in [-0.4, -0.2) is 4.98 Å². The molecule has 0 aliphatic rings. The van der Waals surface area contributed by atoms with Crippen molar-refractivity contribution < 1.29 is 0 Å². The molecule has 4 heteroatoms. The van der Waals surface area contributed by atoms with Gasteiger partial charge >= 0.3 is 0 Å². The second-order valence-electron chi connectivity index (χ2n) is 4.25. The van der Waals surface area contributed by atoms with Gasteiger partial charge in [-0.15, -0.1) is 11.3 Å². The summed E-state index contributed by atoms with van der Waals surface area (Å²) in [5, 5.41) is 6.43. The molecule has 2 aromatic rings. The van der Waals surface area contributed by atoms with E-state index in [-0.39, 0.29) is 0 Å². The van der Waals surface area contributed by atoms with Crippen molar-refractivity contribution in [2.45, 2.75) is 32.4 Å². The first-order valence-electron chi connectivity index (χ1n) is 6.15.